The third kappa shape index (κ3) is 8.46. The lowest BCUT2D eigenvalue weighted by Gasteiger charge is -2.29. The molecule has 2 rings (SSSR count). The van der Waals surface area contributed by atoms with Crippen LogP contribution in [0.3, 0.4) is 0 Å². The summed E-state index contributed by atoms with van der Waals surface area (Å²) in [5.74, 6) is 1.51. The Labute approximate surface area is 194 Å². The van der Waals surface area contributed by atoms with E-state index in [0.717, 1.165) is 29.7 Å². The van der Waals surface area contributed by atoms with Crippen molar-refractivity contribution in [1.82, 2.24) is 10.2 Å². The van der Waals surface area contributed by atoms with Crippen LogP contribution >= 0.6 is 23.4 Å². The molecule has 2 aromatic rings. The first-order valence-electron chi connectivity index (χ1n) is 10.5. The first-order valence-corrected chi connectivity index (χ1v) is 12.0. The van der Waals surface area contributed by atoms with Crippen LogP contribution in [0.5, 0.6) is 5.75 Å². The number of carbonyl (C=O) groups excluding carboxylic acids is 2. The molecule has 0 saturated heterocycles. The highest BCUT2D eigenvalue weighted by Gasteiger charge is 2.26. The fourth-order valence-electron chi connectivity index (χ4n) is 3.01. The van der Waals surface area contributed by atoms with E-state index in [1.54, 1.807) is 18.9 Å². The minimum absolute atomic E-state index is 0.0695. The van der Waals surface area contributed by atoms with E-state index in [2.05, 4.69) is 12.2 Å². The highest BCUT2D eigenvalue weighted by Crippen LogP contribution is 2.19. The maximum Gasteiger partial charge on any atom is 0.242 e. The molecule has 7 heteroatoms. The van der Waals surface area contributed by atoms with Crippen LogP contribution in [-0.4, -0.2) is 42.2 Å². The average molecular weight is 463 g/mol. The highest BCUT2D eigenvalue weighted by atomic mass is 35.5. The SMILES string of the molecule is CCCCNC(=O)[C@@H](C)N(Cc1cccc(OC)c1)C(=O)CSCc1ccc(Cl)cc1. The van der Waals surface area contributed by atoms with Gasteiger partial charge >= 0.3 is 0 Å². The van der Waals surface area contributed by atoms with E-state index in [9.17, 15) is 9.59 Å². The lowest BCUT2D eigenvalue weighted by molar-refractivity contribution is -0.138. The predicted molar refractivity (Wildman–Crippen MR) is 129 cm³/mol. The Morgan fingerprint density at radius 3 is 2.58 bits per heavy atom. The van der Waals surface area contributed by atoms with Gasteiger partial charge in [-0.1, -0.05) is 49.2 Å². The zero-order valence-electron chi connectivity index (χ0n) is 18.4. The van der Waals surface area contributed by atoms with E-state index in [1.165, 1.54) is 11.8 Å². The fraction of sp³-hybridized carbons (Fsp3) is 0.417. The number of halogens is 1. The molecule has 0 spiro atoms. The number of methoxy groups -OCH3 is 1. The normalized spacial score (nSPS) is 11.6. The largest absolute Gasteiger partial charge is 0.497 e. The Kier molecular flexibility index (Phi) is 10.7. The van der Waals surface area contributed by atoms with Gasteiger partial charge in [-0.3, -0.25) is 9.59 Å². The smallest absolute Gasteiger partial charge is 0.242 e. The number of ether oxygens (including phenoxy) is 1. The van der Waals surface area contributed by atoms with Gasteiger partial charge in [0.25, 0.3) is 0 Å². The molecule has 0 aliphatic rings. The molecule has 0 aliphatic heterocycles. The maximum absolute atomic E-state index is 13.1. The van der Waals surface area contributed by atoms with Gasteiger partial charge in [0, 0.05) is 23.9 Å². The standard InChI is InChI=1S/C24H31ClN2O3S/c1-4-5-13-26-24(29)18(2)27(15-20-7-6-8-22(14-20)30-3)23(28)17-31-16-19-9-11-21(25)12-10-19/h6-12,14,18H,4-5,13,15-17H2,1-3H3,(H,26,29)/t18-/m1/s1. The molecule has 1 N–H and O–H groups in total. The van der Waals surface area contributed by atoms with Crippen molar-refractivity contribution in [2.75, 3.05) is 19.4 Å². The van der Waals surface area contributed by atoms with Crippen molar-refractivity contribution in [1.29, 1.82) is 0 Å². The second kappa shape index (κ2) is 13.3. The van der Waals surface area contributed by atoms with E-state index >= 15 is 0 Å². The Morgan fingerprint density at radius 1 is 1.16 bits per heavy atom. The molecule has 0 bridgehead atoms. The molecule has 5 nitrogen and oxygen atoms in total. The molecule has 0 fully saturated rings. The van der Waals surface area contributed by atoms with Crippen LogP contribution in [0.15, 0.2) is 48.5 Å². The molecular formula is C24H31ClN2O3S. The Hall–Kier alpha value is -2.18. The quantitative estimate of drug-likeness (QED) is 0.455. The number of nitrogens with one attached hydrogen (secondary N) is 1. The van der Waals surface area contributed by atoms with Gasteiger partial charge in [-0.05, 0) is 48.7 Å². The van der Waals surface area contributed by atoms with E-state index in [0.29, 0.717) is 29.6 Å². The molecular weight excluding hydrogens is 432 g/mol. The van der Waals surface area contributed by atoms with Crippen LogP contribution in [0, 0.1) is 0 Å². The number of hydrogen-bond donors (Lipinski definition) is 1. The summed E-state index contributed by atoms with van der Waals surface area (Å²) < 4.78 is 5.30. The van der Waals surface area contributed by atoms with Crippen LogP contribution in [0.25, 0.3) is 0 Å². The second-order valence-corrected chi connectivity index (χ2v) is 8.74. The average Bonchev–Trinajstić information content (AvgIpc) is 2.78. The predicted octanol–water partition coefficient (Wildman–Crippen LogP) is 4.92. The number of unbranched alkanes of at least 4 members (excludes halogenated alkanes) is 1. The summed E-state index contributed by atoms with van der Waals surface area (Å²) in [7, 11) is 1.61. The van der Waals surface area contributed by atoms with Gasteiger partial charge in [0.2, 0.25) is 11.8 Å². The topological polar surface area (TPSA) is 58.6 Å². The van der Waals surface area contributed by atoms with Gasteiger partial charge in [0.05, 0.1) is 12.9 Å². The first-order chi connectivity index (χ1) is 14.9. The summed E-state index contributed by atoms with van der Waals surface area (Å²) in [4.78, 5) is 27.4. The van der Waals surface area contributed by atoms with Crippen molar-refractivity contribution in [2.45, 2.75) is 45.0 Å². The van der Waals surface area contributed by atoms with Crippen LogP contribution in [0.1, 0.15) is 37.8 Å². The molecule has 0 heterocycles. The number of benzene rings is 2. The van der Waals surface area contributed by atoms with Crippen LogP contribution in [0.4, 0.5) is 0 Å². The molecule has 0 aromatic heterocycles. The summed E-state index contributed by atoms with van der Waals surface area (Å²) in [6.07, 6.45) is 1.92. The molecule has 0 aliphatic carbocycles. The van der Waals surface area contributed by atoms with Gasteiger partial charge in [0.15, 0.2) is 0 Å². The molecule has 0 saturated carbocycles. The lowest BCUT2D eigenvalue weighted by atomic mass is 10.1. The molecule has 1 atom stereocenters. The summed E-state index contributed by atoms with van der Waals surface area (Å²) in [6, 6.07) is 14.6. The third-order valence-electron chi connectivity index (χ3n) is 4.89. The van der Waals surface area contributed by atoms with Crippen molar-refractivity contribution in [3.8, 4) is 5.75 Å². The van der Waals surface area contributed by atoms with Crippen molar-refractivity contribution in [2.24, 2.45) is 0 Å². The van der Waals surface area contributed by atoms with Crippen LogP contribution in [0.2, 0.25) is 5.02 Å². The summed E-state index contributed by atoms with van der Waals surface area (Å²) in [5.41, 5.74) is 2.02. The van der Waals surface area contributed by atoms with E-state index in [1.807, 2.05) is 48.5 Å². The third-order valence-corrected chi connectivity index (χ3v) is 6.13. The Bertz CT molecular complexity index is 845. The van der Waals surface area contributed by atoms with Crippen molar-refractivity contribution < 1.29 is 14.3 Å². The molecule has 168 valence electrons. The van der Waals surface area contributed by atoms with Crippen LogP contribution in [-0.2, 0) is 21.9 Å². The number of hydrogen-bond acceptors (Lipinski definition) is 4. The number of amides is 2. The summed E-state index contributed by atoms with van der Waals surface area (Å²) >= 11 is 7.46. The lowest BCUT2D eigenvalue weighted by Crippen LogP contribution is -2.48. The molecule has 2 amide bonds. The molecule has 31 heavy (non-hydrogen) atoms. The zero-order chi connectivity index (χ0) is 22.6. The van der Waals surface area contributed by atoms with Crippen molar-refractivity contribution >= 4 is 35.2 Å². The van der Waals surface area contributed by atoms with Gasteiger partial charge in [-0.15, -0.1) is 11.8 Å². The number of rotatable bonds is 12. The van der Waals surface area contributed by atoms with Crippen LogP contribution < -0.4 is 10.1 Å². The minimum Gasteiger partial charge on any atom is -0.497 e. The summed E-state index contributed by atoms with van der Waals surface area (Å²) in [5, 5.41) is 3.63. The second-order valence-electron chi connectivity index (χ2n) is 7.31. The van der Waals surface area contributed by atoms with Gasteiger partial charge in [0.1, 0.15) is 11.8 Å². The summed E-state index contributed by atoms with van der Waals surface area (Å²) in [6.45, 7) is 4.82. The molecule has 0 unspecified atom stereocenters. The van der Waals surface area contributed by atoms with Gasteiger partial charge in [-0.2, -0.15) is 0 Å². The Morgan fingerprint density at radius 2 is 1.90 bits per heavy atom. The molecule has 2 aromatic carbocycles. The zero-order valence-corrected chi connectivity index (χ0v) is 20.0. The molecule has 0 radical (unpaired) electrons. The van der Waals surface area contributed by atoms with E-state index in [-0.39, 0.29) is 11.8 Å². The number of thioether (sulfide) groups is 1. The van der Waals surface area contributed by atoms with Crippen molar-refractivity contribution in [3.63, 3.8) is 0 Å². The first kappa shape index (κ1) is 25.1. The fourth-order valence-corrected chi connectivity index (χ4v) is 4.00. The maximum atomic E-state index is 13.1. The Balaban J connectivity index is 2.06. The van der Waals surface area contributed by atoms with E-state index in [4.69, 9.17) is 16.3 Å². The van der Waals surface area contributed by atoms with Crippen molar-refractivity contribution in [3.05, 3.63) is 64.7 Å². The number of nitrogens with zero attached hydrogens (tertiary/aromatic N) is 1. The minimum atomic E-state index is -0.563. The highest BCUT2D eigenvalue weighted by molar-refractivity contribution is 7.99. The van der Waals surface area contributed by atoms with Gasteiger partial charge in [-0.25, -0.2) is 0 Å². The monoisotopic (exact) mass is 462 g/mol. The number of carbonyl (C=O) groups is 2. The van der Waals surface area contributed by atoms with Gasteiger partial charge < -0.3 is 15.0 Å². The van der Waals surface area contributed by atoms with E-state index < -0.39 is 6.04 Å².